The molecule has 0 spiro atoms. The molecule has 0 saturated heterocycles. The lowest BCUT2D eigenvalue weighted by molar-refractivity contribution is -0.386. The minimum absolute atomic E-state index is 0.0856. The number of nitro groups is 1. The summed E-state index contributed by atoms with van der Waals surface area (Å²) in [7, 11) is 0. The van der Waals surface area contributed by atoms with Crippen LogP contribution in [0.25, 0.3) is 22.6 Å². The first-order valence-electron chi connectivity index (χ1n) is 6.72. The molecule has 1 aromatic heterocycles. The molecule has 7 nitrogen and oxygen atoms in total. The summed E-state index contributed by atoms with van der Waals surface area (Å²) < 4.78 is 8.08. The lowest BCUT2D eigenvalue weighted by Crippen LogP contribution is -2.23. The van der Waals surface area contributed by atoms with Gasteiger partial charge in [0.05, 0.1) is 27.9 Å². The van der Waals surface area contributed by atoms with Gasteiger partial charge in [0.2, 0.25) is 0 Å². The van der Waals surface area contributed by atoms with Crippen molar-refractivity contribution in [1.82, 2.24) is 8.75 Å². The largest absolute Gasteiger partial charge is 0.390 e. The number of hydrogen-bond donors (Lipinski definition) is 1. The number of hydrogen-bond acceptors (Lipinski definition) is 7. The highest BCUT2D eigenvalue weighted by atomic mass is 32.2. The molecule has 0 aliphatic heterocycles. The van der Waals surface area contributed by atoms with E-state index in [2.05, 4.69) is 20.3 Å². The number of benzene rings is 2. The quantitative estimate of drug-likeness (QED) is 0.251. The Bertz CT molecular complexity index is 1060. The molecule has 24 heavy (non-hydrogen) atoms. The minimum atomic E-state index is -0.452. The van der Waals surface area contributed by atoms with Gasteiger partial charge in [0, 0.05) is 5.22 Å². The van der Waals surface area contributed by atoms with E-state index in [1.54, 1.807) is 12.1 Å². The molecule has 3 aromatic rings. The van der Waals surface area contributed by atoms with Crippen molar-refractivity contribution in [2.45, 2.75) is 4.90 Å². The third-order valence-corrected chi connectivity index (χ3v) is 4.80. The van der Waals surface area contributed by atoms with E-state index in [-0.39, 0.29) is 11.2 Å². The third-order valence-electron chi connectivity index (χ3n) is 3.19. The van der Waals surface area contributed by atoms with Crippen molar-refractivity contribution in [2.75, 3.05) is 0 Å². The van der Waals surface area contributed by atoms with E-state index in [1.807, 2.05) is 24.3 Å². The van der Waals surface area contributed by atoms with Gasteiger partial charge in [-0.15, -0.1) is 0 Å². The highest BCUT2D eigenvalue weighted by Crippen LogP contribution is 2.38. The van der Waals surface area contributed by atoms with Crippen molar-refractivity contribution in [3.63, 3.8) is 0 Å². The average Bonchev–Trinajstić information content (AvgIpc) is 3.02. The number of nitrogens with two attached hydrogens (primary N) is 1. The van der Waals surface area contributed by atoms with Gasteiger partial charge in [-0.05, 0) is 17.4 Å². The summed E-state index contributed by atoms with van der Waals surface area (Å²) in [6.07, 6.45) is 1.16. The first-order chi connectivity index (χ1) is 11.6. The van der Waals surface area contributed by atoms with Gasteiger partial charge in [0.25, 0.3) is 0 Å². The number of aromatic nitrogens is 2. The van der Waals surface area contributed by atoms with Crippen molar-refractivity contribution in [3.05, 3.63) is 56.9 Å². The second-order valence-electron chi connectivity index (χ2n) is 4.64. The van der Waals surface area contributed by atoms with E-state index in [0.29, 0.717) is 15.4 Å². The fourth-order valence-electron chi connectivity index (χ4n) is 2.13. The molecule has 0 radical (unpaired) electrons. The standard InChI is InChI=1S/C15H11N5O2S2/c1-9-4-2-3-5-10(9)15(17-8-16)23-12-7-6-11-13(19-24-18-11)14(12)20(21)22/h2-8H,1H2,(H2,16,17)/b15-10+. The smallest absolute Gasteiger partial charge is 0.312 e. The lowest BCUT2D eigenvalue weighted by Gasteiger charge is -2.04. The Morgan fingerprint density at radius 2 is 2.12 bits per heavy atom. The number of thioether (sulfide) groups is 1. The van der Waals surface area contributed by atoms with Crippen LogP contribution in [0, 0.1) is 10.1 Å². The van der Waals surface area contributed by atoms with Crippen LogP contribution in [0.3, 0.4) is 0 Å². The zero-order valence-corrected chi connectivity index (χ0v) is 13.9. The van der Waals surface area contributed by atoms with Crippen molar-refractivity contribution >= 4 is 58.2 Å². The molecular weight excluding hydrogens is 346 g/mol. The fourth-order valence-corrected chi connectivity index (χ4v) is 3.70. The highest BCUT2D eigenvalue weighted by Gasteiger charge is 2.22. The maximum Gasteiger partial charge on any atom is 0.312 e. The average molecular weight is 357 g/mol. The molecule has 120 valence electrons. The second kappa shape index (κ2) is 6.77. The van der Waals surface area contributed by atoms with Gasteiger partial charge in [0.15, 0.2) is 5.52 Å². The molecule has 0 atom stereocenters. The Hall–Kier alpha value is -2.78. The van der Waals surface area contributed by atoms with Crippen LogP contribution in [0.4, 0.5) is 5.69 Å². The molecule has 0 aliphatic carbocycles. The Morgan fingerprint density at radius 3 is 2.83 bits per heavy atom. The predicted octanol–water partition coefficient (Wildman–Crippen LogP) is 1.85. The molecule has 9 heteroatoms. The summed E-state index contributed by atoms with van der Waals surface area (Å²) >= 11 is 2.09. The Kier molecular flexibility index (Phi) is 4.54. The van der Waals surface area contributed by atoms with E-state index in [4.69, 9.17) is 5.73 Å². The molecule has 0 aliphatic rings. The van der Waals surface area contributed by atoms with Crippen LogP contribution in [0.15, 0.2) is 46.3 Å². The van der Waals surface area contributed by atoms with E-state index < -0.39 is 4.92 Å². The van der Waals surface area contributed by atoms with Gasteiger partial charge in [-0.2, -0.15) is 8.75 Å². The SMILES string of the molecule is C=c1cccc/c1=C(/N=CN)Sc1ccc2nsnc2c1[N+](=O)[O-]. The molecule has 1 heterocycles. The Labute approximate surface area is 144 Å². The van der Waals surface area contributed by atoms with Crippen LogP contribution in [-0.4, -0.2) is 20.0 Å². The summed E-state index contributed by atoms with van der Waals surface area (Å²) in [4.78, 5) is 15.6. The Balaban J connectivity index is 2.23. The molecule has 2 aromatic carbocycles. The minimum Gasteiger partial charge on any atom is -0.390 e. The van der Waals surface area contributed by atoms with Crippen LogP contribution in [-0.2, 0) is 0 Å². The van der Waals surface area contributed by atoms with Gasteiger partial charge >= 0.3 is 5.69 Å². The number of nitrogens with zero attached hydrogens (tertiary/aromatic N) is 4. The van der Waals surface area contributed by atoms with Crippen LogP contribution in [0.5, 0.6) is 0 Å². The van der Waals surface area contributed by atoms with E-state index in [0.717, 1.165) is 40.3 Å². The monoisotopic (exact) mass is 357 g/mol. The highest BCUT2D eigenvalue weighted by molar-refractivity contribution is 8.08. The van der Waals surface area contributed by atoms with Gasteiger partial charge in [-0.3, -0.25) is 10.1 Å². The van der Waals surface area contributed by atoms with Crippen LogP contribution < -0.4 is 16.2 Å². The molecule has 0 fully saturated rings. The van der Waals surface area contributed by atoms with E-state index in [9.17, 15) is 10.1 Å². The predicted molar refractivity (Wildman–Crippen MR) is 97.2 cm³/mol. The summed E-state index contributed by atoms with van der Waals surface area (Å²) in [5.74, 6) is 0. The van der Waals surface area contributed by atoms with Gasteiger partial charge in [-0.1, -0.05) is 42.6 Å². The van der Waals surface area contributed by atoms with Crippen LogP contribution >= 0.6 is 23.5 Å². The molecule has 0 bridgehead atoms. The van der Waals surface area contributed by atoms with Crippen LogP contribution in [0.2, 0.25) is 0 Å². The summed E-state index contributed by atoms with van der Waals surface area (Å²) in [6.45, 7) is 3.96. The topological polar surface area (TPSA) is 107 Å². The third kappa shape index (κ3) is 2.99. The van der Waals surface area contributed by atoms with Crippen molar-refractivity contribution in [3.8, 4) is 0 Å². The first kappa shape index (κ1) is 16.1. The molecular formula is C15H11N5O2S2. The summed E-state index contributed by atoms with van der Waals surface area (Å²) in [6, 6.07) is 10.7. The number of fused-ring (bicyclic) bond motifs is 1. The van der Waals surface area contributed by atoms with Crippen molar-refractivity contribution in [1.29, 1.82) is 0 Å². The van der Waals surface area contributed by atoms with Crippen LogP contribution in [0.1, 0.15) is 0 Å². The van der Waals surface area contributed by atoms with Gasteiger partial charge in [0.1, 0.15) is 10.5 Å². The maximum atomic E-state index is 11.5. The van der Waals surface area contributed by atoms with Gasteiger partial charge < -0.3 is 5.73 Å². The normalized spacial score (nSPS) is 12.7. The summed E-state index contributed by atoms with van der Waals surface area (Å²) in [5.41, 5.74) is 6.13. The second-order valence-corrected chi connectivity index (χ2v) is 6.20. The fraction of sp³-hybridized carbons (Fsp3) is 0. The molecule has 0 unspecified atom stereocenters. The van der Waals surface area contributed by atoms with Gasteiger partial charge in [-0.25, -0.2) is 4.99 Å². The number of rotatable bonds is 4. The molecule has 3 rings (SSSR count). The zero-order valence-electron chi connectivity index (χ0n) is 12.2. The number of nitro benzene ring substituents is 1. The lowest BCUT2D eigenvalue weighted by atomic mass is 10.2. The van der Waals surface area contributed by atoms with Crippen molar-refractivity contribution < 1.29 is 4.92 Å². The molecule has 0 saturated carbocycles. The number of aliphatic imine (C=N–C) groups is 1. The first-order valence-corrected chi connectivity index (χ1v) is 8.26. The zero-order chi connectivity index (χ0) is 17.1. The molecule has 2 N–H and O–H groups in total. The maximum absolute atomic E-state index is 11.5. The molecule has 0 amide bonds. The van der Waals surface area contributed by atoms with E-state index in [1.165, 1.54) is 0 Å². The summed E-state index contributed by atoms with van der Waals surface area (Å²) in [5, 5.41) is 13.6. The van der Waals surface area contributed by atoms with Crippen molar-refractivity contribution in [2.24, 2.45) is 10.7 Å². The van der Waals surface area contributed by atoms with E-state index >= 15 is 0 Å². The Morgan fingerprint density at radius 1 is 1.33 bits per heavy atom.